The van der Waals surface area contributed by atoms with Gasteiger partial charge in [0.1, 0.15) is 0 Å². The molecule has 0 amide bonds. The maximum absolute atomic E-state index is 11.1. The van der Waals surface area contributed by atoms with Gasteiger partial charge in [-0.15, -0.1) is 3.71 Å². The summed E-state index contributed by atoms with van der Waals surface area (Å²) in [6, 6.07) is 0. The van der Waals surface area contributed by atoms with Crippen LogP contribution < -0.4 is 0 Å². The zero-order valence-corrected chi connectivity index (χ0v) is 9.83. The first-order valence-electron chi connectivity index (χ1n) is 4.61. The van der Waals surface area contributed by atoms with E-state index in [2.05, 4.69) is 0 Å². The van der Waals surface area contributed by atoms with Crippen molar-refractivity contribution in [2.45, 2.75) is 37.4 Å². The van der Waals surface area contributed by atoms with Crippen LogP contribution >= 0.6 is 11.9 Å². The minimum atomic E-state index is -3.01. The lowest BCUT2D eigenvalue weighted by Gasteiger charge is -2.24. The van der Waals surface area contributed by atoms with Crippen molar-refractivity contribution in [3.8, 4) is 0 Å². The number of sulfonamides is 1. The third kappa shape index (κ3) is 3.87. The molecule has 3 nitrogen and oxygen atoms in total. The fraction of sp³-hybridized carbons (Fsp3) is 1.00. The van der Waals surface area contributed by atoms with E-state index in [1.807, 2.05) is 0 Å². The molecule has 1 fully saturated rings. The number of hydrogen-bond acceptors (Lipinski definition) is 3. The van der Waals surface area contributed by atoms with Gasteiger partial charge in [-0.25, -0.2) is 8.42 Å². The molecule has 0 aromatic carbocycles. The van der Waals surface area contributed by atoms with Gasteiger partial charge < -0.3 is 0 Å². The standard InChI is InChI=1S/C8H17NO2S2/c1-9(13(2,10)11)12-8-6-4-3-5-7-8/h8H,3-7H2,1-2H3. The van der Waals surface area contributed by atoms with E-state index in [9.17, 15) is 8.42 Å². The minimum Gasteiger partial charge on any atom is -0.212 e. The first-order chi connectivity index (χ1) is 6.00. The predicted molar refractivity (Wildman–Crippen MR) is 57.1 cm³/mol. The molecule has 0 heterocycles. The maximum Gasteiger partial charge on any atom is 0.220 e. The summed E-state index contributed by atoms with van der Waals surface area (Å²) in [6.45, 7) is 0. The summed E-state index contributed by atoms with van der Waals surface area (Å²) in [6.07, 6.45) is 7.36. The molecule has 1 rings (SSSR count). The third-order valence-corrected chi connectivity index (χ3v) is 5.39. The van der Waals surface area contributed by atoms with Crippen LogP contribution in [0.1, 0.15) is 32.1 Å². The summed E-state index contributed by atoms with van der Waals surface area (Å²) in [5.74, 6) is 0. The second-order valence-corrected chi connectivity index (χ2v) is 7.21. The summed E-state index contributed by atoms with van der Waals surface area (Å²) in [7, 11) is -1.37. The molecule has 0 bridgehead atoms. The molecule has 1 aliphatic rings. The zero-order valence-electron chi connectivity index (χ0n) is 8.19. The van der Waals surface area contributed by atoms with E-state index < -0.39 is 10.0 Å². The maximum atomic E-state index is 11.1. The average Bonchev–Trinajstić information content (AvgIpc) is 2.04. The molecule has 5 heteroatoms. The van der Waals surface area contributed by atoms with E-state index in [0.29, 0.717) is 5.25 Å². The highest BCUT2D eigenvalue weighted by Gasteiger charge is 2.20. The van der Waals surface area contributed by atoms with Crippen molar-refractivity contribution in [1.29, 1.82) is 0 Å². The Hall–Kier alpha value is 0.260. The molecule has 0 unspecified atom stereocenters. The zero-order chi connectivity index (χ0) is 9.90. The molecule has 0 aromatic heterocycles. The summed E-state index contributed by atoms with van der Waals surface area (Å²) in [4.78, 5) is 0. The summed E-state index contributed by atoms with van der Waals surface area (Å²) in [5.41, 5.74) is 0. The van der Waals surface area contributed by atoms with Gasteiger partial charge in [0.2, 0.25) is 10.0 Å². The Kier molecular flexibility index (Phi) is 4.06. The van der Waals surface area contributed by atoms with Crippen LogP contribution in [0, 0.1) is 0 Å². The Bertz CT molecular complexity index is 245. The number of hydrogen-bond donors (Lipinski definition) is 0. The van der Waals surface area contributed by atoms with Gasteiger partial charge in [0.05, 0.1) is 6.26 Å². The molecule has 1 aliphatic carbocycles. The van der Waals surface area contributed by atoms with E-state index in [1.54, 1.807) is 7.05 Å². The fourth-order valence-corrected chi connectivity index (χ4v) is 3.41. The second kappa shape index (κ2) is 4.66. The largest absolute Gasteiger partial charge is 0.220 e. The van der Waals surface area contributed by atoms with Crippen molar-refractivity contribution >= 4 is 22.0 Å². The highest BCUT2D eigenvalue weighted by Crippen LogP contribution is 2.30. The molecule has 13 heavy (non-hydrogen) atoms. The lowest BCUT2D eigenvalue weighted by Crippen LogP contribution is -2.23. The summed E-state index contributed by atoms with van der Waals surface area (Å²) < 4.78 is 23.6. The molecule has 0 aromatic rings. The molecule has 0 radical (unpaired) electrons. The molecule has 0 saturated heterocycles. The molecule has 78 valence electrons. The van der Waals surface area contributed by atoms with E-state index in [0.717, 1.165) is 12.8 Å². The van der Waals surface area contributed by atoms with Crippen molar-refractivity contribution < 1.29 is 8.42 Å². The Labute approximate surface area is 85.1 Å². The summed E-state index contributed by atoms with van der Waals surface area (Å²) in [5, 5.41) is 0.508. The Balaban J connectivity index is 2.39. The van der Waals surface area contributed by atoms with Gasteiger partial charge in [0, 0.05) is 12.3 Å². The van der Waals surface area contributed by atoms with Gasteiger partial charge in [-0.3, -0.25) is 0 Å². The van der Waals surface area contributed by atoms with Gasteiger partial charge in [0.15, 0.2) is 0 Å². The Morgan fingerprint density at radius 2 is 1.77 bits per heavy atom. The molecule has 0 spiro atoms. The smallest absolute Gasteiger partial charge is 0.212 e. The topological polar surface area (TPSA) is 37.4 Å². The van der Waals surface area contributed by atoms with Crippen LogP contribution in [0.5, 0.6) is 0 Å². The lowest BCUT2D eigenvalue weighted by atomic mass is 10.0. The van der Waals surface area contributed by atoms with Gasteiger partial charge in [0.25, 0.3) is 0 Å². The van der Waals surface area contributed by atoms with Crippen LogP contribution in [-0.2, 0) is 10.0 Å². The average molecular weight is 223 g/mol. The van der Waals surface area contributed by atoms with Crippen molar-refractivity contribution in [1.82, 2.24) is 3.71 Å². The molecule has 0 aliphatic heterocycles. The normalized spacial score (nSPS) is 20.8. The van der Waals surface area contributed by atoms with Gasteiger partial charge >= 0.3 is 0 Å². The van der Waals surface area contributed by atoms with E-state index in [1.165, 1.54) is 41.2 Å². The van der Waals surface area contributed by atoms with E-state index in [4.69, 9.17) is 0 Å². The molecule has 0 N–H and O–H groups in total. The van der Waals surface area contributed by atoms with E-state index >= 15 is 0 Å². The van der Waals surface area contributed by atoms with Crippen molar-refractivity contribution in [2.24, 2.45) is 0 Å². The fourth-order valence-electron chi connectivity index (χ4n) is 1.46. The van der Waals surface area contributed by atoms with Crippen LogP contribution in [0.25, 0.3) is 0 Å². The van der Waals surface area contributed by atoms with Crippen molar-refractivity contribution in [3.05, 3.63) is 0 Å². The summed E-state index contributed by atoms with van der Waals surface area (Å²) >= 11 is 1.47. The number of rotatable bonds is 3. The monoisotopic (exact) mass is 223 g/mol. The minimum absolute atomic E-state index is 0.508. The van der Waals surface area contributed by atoms with Crippen LogP contribution in [0.2, 0.25) is 0 Å². The SMILES string of the molecule is CN(SC1CCCCC1)S(C)(=O)=O. The Morgan fingerprint density at radius 3 is 2.23 bits per heavy atom. The molecule has 0 atom stereocenters. The molecular formula is C8H17NO2S2. The highest BCUT2D eigenvalue weighted by molar-refractivity contribution is 8.08. The molecular weight excluding hydrogens is 206 g/mol. The second-order valence-electron chi connectivity index (χ2n) is 3.54. The van der Waals surface area contributed by atoms with Crippen LogP contribution in [-0.4, -0.2) is 30.7 Å². The third-order valence-electron chi connectivity index (χ3n) is 2.32. The van der Waals surface area contributed by atoms with Crippen LogP contribution in [0.4, 0.5) is 0 Å². The van der Waals surface area contributed by atoms with Crippen LogP contribution in [0.15, 0.2) is 0 Å². The van der Waals surface area contributed by atoms with Crippen LogP contribution in [0.3, 0.4) is 0 Å². The van der Waals surface area contributed by atoms with Gasteiger partial charge in [-0.05, 0) is 12.8 Å². The van der Waals surface area contributed by atoms with Crippen molar-refractivity contribution in [3.63, 3.8) is 0 Å². The molecule has 1 saturated carbocycles. The predicted octanol–water partition coefficient (Wildman–Crippen LogP) is 1.86. The number of nitrogens with zero attached hydrogens (tertiary/aromatic N) is 1. The van der Waals surface area contributed by atoms with Gasteiger partial charge in [-0.2, -0.15) is 0 Å². The van der Waals surface area contributed by atoms with Crippen molar-refractivity contribution in [2.75, 3.05) is 13.3 Å². The van der Waals surface area contributed by atoms with Gasteiger partial charge in [-0.1, -0.05) is 31.2 Å². The highest BCUT2D eigenvalue weighted by atomic mass is 32.3. The Morgan fingerprint density at radius 1 is 1.23 bits per heavy atom. The first kappa shape index (κ1) is 11.3. The first-order valence-corrected chi connectivity index (χ1v) is 7.29. The van der Waals surface area contributed by atoms with E-state index in [-0.39, 0.29) is 0 Å². The lowest BCUT2D eigenvalue weighted by molar-refractivity contribution is 0.510. The quantitative estimate of drug-likeness (QED) is 0.685.